The molecule has 3 nitrogen and oxygen atoms in total. The average Bonchev–Trinajstić information content (AvgIpc) is 2.35. The molecule has 0 aromatic heterocycles. The number of nitrogens with zero attached hydrogens (tertiary/aromatic N) is 2. The highest BCUT2D eigenvalue weighted by atomic mass is 35.5. The van der Waals surface area contributed by atoms with Crippen LogP contribution in [0.4, 0.5) is 0 Å². The van der Waals surface area contributed by atoms with Gasteiger partial charge in [-0.1, -0.05) is 23.7 Å². The second-order valence-corrected chi connectivity index (χ2v) is 6.55. The van der Waals surface area contributed by atoms with Gasteiger partial charge in [0.15, 0.2) is 0 Å². The summed E-state index contributed by atoms with van der Waals surface area (Å²) >= 11 is 6.00. The van der Waals surface area contributed by atoms with Crippen LogP contribution >= 0.6 is 11.6 Å². The highest BCUT2D eigenvalue weighted by molar-refractivity contribution is 6.30. The Morgan fingerprint density at radius 1 is 1.11 bits per heavy atom. The first kappa shape index (κ1) is 11.2. The van der Waals surface area contributed by atoms with Gasteiger partial charge in [-0.15, -0.1) is 0 Å². The van der Waals surface area contributed by atoms with Crippen molar-refractivity contribution in [1.29, 1.82) is 0 Å². The molecule has 0 amide bonds. The van der Waals surface area contributed by atoms with E-state index in [1.54, 1.807) is 0 Å². The lowest BCUT2D eigenvalue weighted by Gasteiger charge is -2.62. The van der Waals surface area contributed by atoms with Crippen LogP contribution in [0, 0.1) is 5.92 Å². The van der Waals surface area contributed by atoms with Gasteiger partial charge in [0.2, 0.25) is 0 Å². The standard InChI is InChI=1S/C14H18ClN3/c15-12-3-1-11(2-4-12)14-7-17-5-10(13(14)16)6-18(8-14)9-17/h1-4,10,13H,5-9,16H2. The second-order valence-electron chi connectivity index (χ2n) is 6.11. The molecule has 4 aliphatic heterocycles. The topological polar surface area (TPSA) is 32.5 Å². The van der Waals surface area contributed by atoms with Gasteiger partial charge in [-0.3, -0.25) is 9.80 Å². The third-order valence-electron chi connectivity index (χ3n) is 4.96. The molecule has 0 aliphatic carbocycles. The molecule has 4 bridgehead atoms. The van der Waals surface area contributed by atoms with E-state index in [0.29, 0.717) is 5.92 Å². The van der Waals surface area contributed by atoms with Gasteiger partial charge in [0.1, 0.15) is 0 Å². The lowest BCUT2D eigenvalue weighted by Crippen LogP contribution is -2.77. The summed E-state index contributed by atoms with van der Waals surface area (Å²) in [6, 6.07) is 8.60. The Labute approximate surface area is 112 Å². The fraction of sp³-hybridized carbons (Fsp3) is 0.571. The fourth-order valence-electron chi connectivity index (χ4n) is 4.24. The van der Waals surface area contributed by atoms with Crippen molar-refractivity contribution in [1.82, 2.24) is 9.80 Å². The lowest BCUT2D eigenvalue weighted by molar-refractivity contribution is -0.0991. The Balaban J connectivity index is 1.79. The van der Waals surface area contributed by atoms with Crippen molar-refractivity contribution < 1.29 is 0 Å². The third kappa shape index (κ3) is 1.42. The van der Waals surface area contributed by atoms with Gasteiger partial charge in [0.05, 0.1) is 6.67 Å². The predicted octanol–water partition coefficient (Wildman–Crippen LogP) is 1.12. The molecule has 5 rings (SSSR count). The SMILES string of the molecule is NC1C2CN3CN(C2)CC1(c1ccc(Cl)cc1)C3. The van der Waals surface area contributed by atoms with Crippen LogP contribution in [0.5, 0.6) is 0 Å². The zero-order valence-electron chi connectivity index (χ0n) is 10.3. The minimum atomic E-state index is 0.115. The molecular formula is C14H18ClN3. The molecule has 1 aromatic carbocycles. The smallest absolute Gasteiger partial charge is 0.0507 e. The van der Waals surface area contributed by atoms with Crippen molar-refractivity contribution >= 4 is 11.6 Å². The number of halogens is 1. The molecule has 96 valence electrons. The van der Waals surface area contributed by atoms with E-state index in [4.69, 9.17) is 17.3 Å². The predicted molar refractivity (Wildman–Crippen MR) is 72.6 cm³/mol. The first-order chi connectivity index (χ1) is 8.67. The summed E-state index contributed by atoms with van der Waals surface area (Å²) in [5.74, 6) is 0.622. The molecule has 4 fully saturated rings. The molecule has 4 saturated heterocycles. The summed E-state index contributed by atoms with van der Waals surface area (Å²) in [4.78, 5) is 5.10. The maximum atomic E-state index is 6.59. The molecule has 0 radical (unpaired) electrons. The van der Waals surface area contributed by atoms with Crippen molar-refractivity contribution in [3.05, 3.63) is 34.9 Å². The van der Waals surface area contributed by atoms with Gasteiger partial charge < -0.3 is 5.73 Å². The molecule has 0 spiro atoms. The maximum absolute atomic E-state index is 6.59. The van der Waals surface area contributed by atoms with E-state index in [1.165, 1.54) is 18.7 Å². The third-order valence-corrected chi connectivity index (χ3v) is 5.21. The maximum Gasteiger partial charge on any atom is 0.0507 e. The fourth-order valence-corrected chi connectivity index (χ4v) is 4.37. The minimum absolute atomic E-state index is 0.115. The summed E-state index contributed by atoms with van der Waals surface area (Å²) in [6.07, 6.45) is 0. The van der Waals surface area contributed by atoms with Gasteiger partial charge in [-0.2, -0.15) is 0 Å². The van der Waals surface area contributed by atoms with E-state index in [0.717, 1.165) is 24.8 Å². The van der Waals surface area contributed by atoms with Crippen molar-refractivity contribution in [2.45, 2.75) is 11.5 Å². The lowest BCUT2D eigenvalue weighted by atomic mass is 9.63. The number of hydrogen-bond donors (Lipinski definition) is 1. The number of hydrogen-bond acceptors (Lipinski definition) is 3. The van der Waals surface area contributed by atoms with Gasteiger partial charge in [-0.05, 0) is 17.7 Å². The number of nitrogens with two attached hydrogens (primary N) is 1. The van der Waals surface area contributed by atoms with Crippen LogP contribution < -0.4 is 5.73 Å². The monoisotopic (exact) mass is 263 g/mol. The Morgan fingerprint density at radius 3 is 2.33 bits per heavy atom. The van der Waals surface area contributed by atoms with E-state index in [2.05, 4.69) is 21.9 Å². The van der Waals surface area contributed by atoms with E-state index < -0.39 is 0 Å². The van der Waals surface area contributed by atoms with Crippen LogP contribution in [-0.4, -0.2) is 48.7 Å². The number of piperidine rings is 2. The normalized spacial score (nSPS) is 45.4. The quantitative estimate of drug-likeness (QED) is 0.824. The number of rotatable bonds is 1. The zero-order valence-corrected chi connectivity index (χ0v) is 11.1. The molecule has 4 aliphatic rings. The van der Waals surface area contributed by atoms with Crippen molar-refractivity contribution in [2.75, 3.05) is 32.8 Å². The van der Waals surface area contributed by atoms with Crippen LogP contribution in [0.3, 0.4) is 0 Å². The van der Waals surface area contributed by atoms with E-state index in [1.807, 2.05) is 12.1 Å². The molecule has 4 heterocycles. The highest BCUT2D eigenvalue weighted by Crippen LogP contribution is 2.43. The highest BCUT2D eigenvalue weighted by Gasteiger charge is 2.55. The molecule has 0 saturated carbocycles. The number of benzene rings is 1. The molecule has 3 unspecified atom stereocenters. The summed E-state index contributed by atoms with van der Waals surface area (Å²) in [6.45, 7) is 5.67. The van der Waals surface area contributed by atoms with Crippen molar-refractivity contribution in [2.24, 2.45) is 11.7 Å². The van der Waals surface area contributed by atoms with Gasteiger partial charge in [0, 0.05) is 48.6 Å². The Bertz CT molecular complexity index is 458. The van der Waals surface area contributed by atoms with Crippen molar-refractivity contribution in [3.63, 3.8) is 0 Å². The Kier molecular flexibility index (Phi) is 2.31. The van der Waals surface area contributed by atoms with Crippen LogP contribution in [0.25, 0.3) is 0 Å². The zero-order chi connectivity index (χ0) is 12.3. The molecule has 1 aromatic rings. The van der Waals surface area contributed by atoms with Gasteiger partial charge in [0.25, 0.3) is 0 Å². The molecule has 18 heavy (non-hydrogen) atoms. The average molecular weight is 264 g/mol. The van der Waals surface area contributed by atoms with E-state index in [-0.39, 0.29) is 11.5 Å². The van der Waals surface area contributed by atoms with Gasteiger partial charge in [-0.25, -0.2) is 0 Å². The van der Waals surface area contributed by atoms with Crippen LogP contribution in [0.1, 0.15) is 5.56 Å². The summed E-state index contributed by atoms with van der Waals surface area (Å²) < 4.78 is 0. The minimum Gasteiger partial charge on any atom is -0.326 e. The summed E-state index contributed by atoms with van der Waals surface area (Å²) in [5.41, 5.74) is 8.06. The van der Waals surface area contributed by atoms with Crippen molar-refractivity contribution in [3.8, 4) is 0 Å². The van der Waals surface area contributed by atoms with Gasteiger partial charge >= 0.3 is 0 Å². The Hall–Kier alpha value is -0.610. The van der Waals surface area contributed by atoms with E-state index in [9.17, 15) is 0 Å². The summed E-state index contributed by atoms with van der Waals surface area (Å²) in [7, 11) is 0. The van der Waals surface area contributed by atoms with Crippen LogP contribution in [0.15, 0.2) is 24.3 Å². The summed E-state index contributed by atoms with van der Waals surface area (Å²) in [5, 5.41) is 0.803. The molecule has 3 atom stereocenters. The first-order valence-electron chi connectivity index (χ1n) is 6.64. The molecule has 2 N–H and O–H groups in total. The second kappa shape index (κ2) is 3.70. The van der Waals surface area contributed by atoms with E-state index >= 15 is 0 Å². The molecular weight excluding hydrogens is 246 g/mol. The first-order valence-corrected chi connectivity index (χ1v) is 7.01. The largest absolute Gasteiger partial charge is 0.326 e. The molecule has 4 heteroatoms. The van der Waals surface area contributed by atoms with Crippen LogP contribution in [0.2, 0.25) is 5.02 Å². The van der Waals surface area contributed by atoms with Crippen LogP contribution in [-0.2, 0) is 5.41 Å². The Morgan fingerprint density at radius 2 is 1.72 bits per heavy atom.